The molecule has 0 saturated heterocycles. The van der Waals surface area contributed by atoms with Crippen molar-refractivity contribution in [3.63, 3.8) is 0 Å². The Labute approximate surface area is 432 Å². The zero-order chi connectivity index (χ0) is 50.7. The molecular formula is C64H108O6. The van der Waals surface area contributed by atoms with Crippen LogP contribution in [-0.4, -0.2) is 37.2 Å². The van der Waals surface area contributed by atoms with Crippen LogP contribution in [0.1, 0.15) is 271 Å². The van der Waals surface area contributed by atoms with E-state index in [1.807, 2.05) is 6.08 Å². The first kappa shape index (κ1) is 66.3. The maximum atomic E-state index is 12.9. The SMILES string of the molecule is CC/C=C\C/C=C\C/C=C\C/C=C\C/C=C\CCC(=O)OCC(COC(=O)CCCCCCC/C=C\C=C/CCCCCCCCC)OC(=O)CCCCCCC/C=C\CCCCCCCCCCC. The lowest BCUT2D eigenvalue weighted by molar-refractivity contribution is -0.166. The number of ether oxygens (including phenoxy) is 3. The average molecular weight is 974 g/mol. The quantitative estimate of drug-likeness (QED) is 0.0199. The number of carbonyl (C=O) groups is 3. The minimum atomic E-state index is -0.820. The van der Waals surface area contributed by atoms with Crippen molar-refractivity contribution >= 4 is 17.9 Å². The van der Waals surface area contributed by atoms with Crippen molar-refractivity contribution in [3.8, 4) is 0 Å². The van der Waals surface area contributed by atoms with E-state index in [0.717, 1.165) is 103 Å². The maximum Gasteiger partial charge on any atom is 0.306 e. The van der Waals surface area contributed by atoms with Gasteiger partial charge in [0.15, 0.2) is 6.10 Å². The Kier molecular flexibility index (Phi) is 54.9. The minimum Gasteiger partial charge on any atom is -0.462 e. The molecule has 0 radical (unpaired) electrons. The Morgan fingerprint density at radius 3 is 1.04 bits per heavy atom. The summed E-state index contributed by atoms with van der Waals surface area (Å²) >= 11 is 0. The number of rotatable bonds is 52. The van der Waals surface area contributed by atoms with Gasteiger partial charge in [-0.1, -0.05) is 246 Å². The van der Waals surface area contributed by atoms with Crippen molar-refractivity contribution in [2.75, 3.05) is 13.2 Å². The number of unbranched alkanes of at least 4 members (excludes halogenated alkanes) is 26. The molecule has 0 aliphatic rings. The molecule has 0 N–H and O–H groups in total. The molecule has 0 aliphatic carbocycles. The van der Waals surface area contributed by atoms with Crippen molar-refractivity contribution in [3.05, 3.63) is 97.2 Å². The fourth-order valence-corrected chi connectivity index (χ4v) is 7.95. The number of esters is 3. The van der Waals surface area contributed by atoms with Gasteiger partial charge >= 0.3 is 17.9 Å². The van der Waals surface area contributed by atoms with Crippen LogP contribution in [0.5, 0.6) is 0 Å². The highest BCUT2D eigenvalue weighted by atomic mass is 16.6. The molecule has 0 aromatic rings. The lowest BCUT2D eigenvalue weighted by Gasteiger charge is -2.18. The molecule has 0 aromatic heterocycles. The smallest absolute Gasteiger partial charge is 0.306 e. The third-order valence-corrected chi connectivity index (χ3v) is 12.3. The molecule has 0 spiro atoms. The van der Waals surface area contributed by atoms with Gasteiger partial charge in [-0.2, -0.15) is 0 Å². The summed E-state index contributed by atoms with van der Waals surface area (Å²) in [6.07, 6.45) is 77.0. The van der Waals surface area contributed by atoms with Crippen LogP contribution in [0.3, 0.4) is 0 Å². The zero-order valence-corrected chi connectivity index (χ0v) is 45.8. The van der Waals surface area contributed by atoms with Gasteiger partial charge in [-0.3, -0.25) is 14.4 Å². The summed E-state index contributed by atoms with van der Waals surface area (Å²) in [5.41, 5.74) is 0. The van der Waals surface area contributed by atoms with Crippen LogP contribution < -0.4 is 0 Å². The van der Waals surface area contributed by atoms with Crippen molar-refractivity contribution in [1.29, 1.82) is 0 Å². The Hall–Kier alpha value is -3.67. The first-order chi connectivity index (χ1) is 34.5. The van der Waals surface area contributed by atoms with Crippen LogP contribution in [0.4, 0.5) is 0 Å². The van der Waals surface area contributed by atoms with E-state index in [2.05, 4.69) is 112 Å². The number of hydrogen-bond donors (Lipinski definition) is 0. The predicted octanol–water partition coefficient (Wildman–Crippen LogP) is 19.7. The Bertz CT molecular complexity index is 1400. The lowest BCUT2D eigenvalue weighted by atomic mass is 10.1. The van der Waals surface area contributed by atoms with Gasteiger partial charge in [-0.05, 0) is 103 Å². The summed E-state index contributed by atoms with van der Waals surface area (Å²) in [5, 5.41) is 0. The average Bonchev–Trinajstić information content (AvgIpc) is 3.36. The van der Waals surface area contributed by atoms with E-state index in [1.54, 1.807) is 0 Å². The predicted molar refractivity (Wildman–Crippen MR) is 302 cm³/mol. The van der Waals surface area contributed by atoms with E-state index in [9.17, 15) is 14.4 Å². The van der Waals surface area contributed by atoms with Gasteiger partial charge in [0.25, 0.3) is 0 Å². The highest BCUT2D eigenvalue weighted by molar-refractivity contribution is 5.71. The first-order valence-electron chi connectivity index (χ1n) is 29.3. The molecule has 6 nitrogen and oxygen atoms in total. The van der Waals surface area contributed by atoms with Crippen LogP contribution in [0.15, 0.2) is 97.2 Å². The van der Waals surface area contributed by atoms with Crippen LogP contribution in [0, 0.1) is 0 Å². The molecule has 0 amide bonds. The van der Waals surface area contributed by atoms with Gasteiger partial charge < -0.3 is 14.2 Å². The standard InChI is InChI=1S/C64H108O6/c1-4-7-10-13-16-19-22-25-28-31-33-36-39-42-45-48-51-54-57-63(66)69-60-61(59-68-62(65)56-53-50-47-44-41-38-35-30-27-24-21-18-15-12-9-6-3)70-64(67)58-55-52-49-46-43-40-37-34-32-29-26-23-20-17-14-11-8-5-2/h9,12,18,21,27-28,30-31,33-34,36-38,41,47,50,61H,4-8,10-11,13-17,19-20,22-26,29,32,35,39-40,42-46,48-49,51-60H2,1-3H3/b12-9-,21-18-,30-27-,31-28-,36-33-,37-34-,41-38-,50-47-. The molecule has 400 valence electrons. The molecule has 0 fully saturated rings. The van der Waals surface area contributed by atoms with Gasteiger partial charge in [0.2, 0.25) is 0 Å². The van der Waals surface area contributed by atoms with Gasteiger partial charge in [-0.25, -0.2) is 0 Å². The topological polar surface area (TPSA) is 78.9 Å². The summed E-state index contributed by atoms with van der Waals surface area (Å²) in [5.74, 6) is -1.02. The maximum absolute atomic E-state index is 12.9. The normalized spacial score (nSPS) is 12.8. The van der Waals surface area contributed by atoms with E-state index in [-0.39, 0.29) is 37.5 Å². The highest BCUT2D eigenvalue weighted by Crippen LogP contribution is 2.14. The lowest BCUT2D eigenvalue weighted by Crippen LogP contribution is -2.30. The van der Waals surface area contributed by atoms with E-state index in [0.29, 0.717) is 19.3 Å². The minimum absolute atomic E-state index is 0.112. The number of allylic oxidation sites excluding steroid dienone is 16. The Morgan fingerprint density at radius 2 is 0.629 bits per heavy atom. The highest BCUT2D eigenvalue weighted by Gasteiger charge is 2.19. The fourth-order valence-electron chi connectivity index (χ4n) is 7.95. The summed E-state index contributed by atoms with van der Waals surface area (Å²) in [7, 11) is 0. The van der Waals surface area contributed by atoms with Crippen molar-refractivity contribution in [2.24, 2.45) is 0 Å². The summed E-state index contributed by atoms with van der Waals surface area (Å²) in [4.78, 5) is 38.1. The molecule has 0 heterocycles. The van der Waals surface area contributed by atoms with Crippen molar-refractivity contribution in [2.45, 2.75) is 277 Å². The zero-order valence-electron chi connectivity index (χ0n) is 45.8. The molecule has 1 atom stereocenters. The molecule has 1 unspecified atom stereocenters. The van der Waals surface area contributed by atoms with Crippen molar-refractivity contribution < 1.29 is 28.6 Å². The Balaban J connectivity index is 4.51. The molecule has 0 rings (SSSR count). The second kappa shape index (κ2) is 57.9. The second-order valence-electron chi connectivity index (χ2n) is 19.2. The second-order valence-corrected chi connectivity index (χ2v) is 19.2. The molecule has 0 aliphatic heterocycles. The van der Waals surface area contributed by atoms with Gasteiger partial charge in [0.05, 0.1) is 0 Å². The molecule has 70 heavy (non-hydrogen) atoms. The Morgan fingerprint density at radius 1 is 0.314 bits per heavy atom. The third kappa shape index (κ3) is 55.3. The van der Waals surface area contributed by atoms with E-state index in [1.165, 1.54) is 122 Å². The summed E-state index contributed by atoms with van der Waals surface area (Å²) in [6.45, 7) is 6.45. The first-order valence-corrected chi connectivity index (χ1v) is 29.3. The van der Waals surface area contributed by atoms with Crippen LogP contribution in [0.2, 0.25) is 0 Å². The molecule has 6 heteroatoms. The van der Waals surface area contributed by atoms with E-state index in [4.69, 9.17) is 14.2 Å². The number of carbonyl (C=O) groups excluding carboxylic acids is 3. The molecule has 0 bridgehead atoms. The molecular weight excluding hydrogens is 865 g/mol. The monoisotopic (exact) mass is 973 g/mol. The third-order valence-electron chi connectivity index (χ3n) is 12.3. The van der Waals surface area contributed by atoms with Crippen LogP contribution in [-0.2, 0) is 28.6 Å². The number of hydrogen-bond acceptors (Lipinski definition) is 6. The molecule has 0 aromatic carbocycles. The van der Waals surface area contributed by atoms with Gasteiger partial charge in [0.1, 0.15) is 13.2 Å². The van der Waals surface area contributed by atoms with E-state index >= 15 is 0 Å². The van der Waals surface area contributed by atoms with Crippen molar-refractivity contribution in [1.82, 2.24) is 0 Å². The summed E-state index contributed by atoms with van der Waals surface area (Å²) in [6, 6.07) is 0. The largest absolute Gasteiger partial charge is 0.462 e. The fraction of sp³-hybridized carbons (Fsp3) is 0.703. The van der Waals surface area contributed by atoms with E-state index < -0.39 is 6.10 Å². The van der Waals surface area contributed by atoms with Gasteiger partial charge in [-0.15, -0.1) is 0 Å². The van der Waals surface area contributed by atoms with Crippen LogP contribution in [0.25, 0.3) is 0 Å². The van der Waals surface area contributed by atoms with Gasteiger partial charge in [0, 0.05) is 19.3 Å². The molecule has 0 saturated carbocycles. The van der Waals surface area contributed by atoms with Crippen LogP contribution >= 0.6 is 0 Å². The summed E-state index contributed by atoms with van der Waals surface area (Å²) < 4.78 is 16.8.